The van der Waals surface area contributed by atoms with E-state index in [1.165, 1.54) is 12.1 Å². The Balaban J connectivity index is 2.45. The summed E-state index contributed by atoms with van der Waals surface area (Å²) in [6, 6.07) is 12.9. The lowest BCUT2D eigenvalue weighted by Gasteiger charge is -2.06. The van der Waals surface area contributed by atoms with Gasteiger partial charge in [-0.25, -0.2) is 4.79 Å². The maximum absolute atomic E-state index is 12.7. The molecule has 6 heteroatoms. The van der Waals surface area contributed by atoms with Gasteiger partial charge in [-0.2, -0.15) is 4.79 Å². The van der Waals surface area contributed by atoms with E-state index in [1.54, 1.807) is 43.3 Å². The standard InChI is InChI=1S/C19H16N2O4/c1-3-25-19(24)16(21-20)18(23)15-7-5-4-6-14(15)17(22)13-10-8-12(2)9-11-13/h4-11H,3H2,1-2H3. The first-order valence-corrected chi connectivity index (χ1v) is 7.63. The molecule has 0 spiro atoms. The van der Waals surface area contributed by atoms with Gasteiger partial charge in [-0.05, 0) is 19.9 Å². The Labute approximate surface area is 144 Å². The van der Waals surface area contributed by atoms with Gasteiger partial charge in [-0.1, -0.05) is 48.0 Å². The van der Waals surface area contributed by atoms with Crippen molar-refractivity contribution in [3.8, 4) is 0 Å². The van der Waals surface area contributed by atoms with Gasteiger partial charge in [0.25, 0.3) is 5.78 Å². The monoisotopic (exact) mass is 336 g/mol. The van der Waals surface area contributed by atoms with E-state index in [-0.39, 0.29) is 23.5 Å². The number of carbonyl (C=O) groups is 3. The molecule has 0 N–H and O–H groups in total. The Morgan fingerprint density at radius 2 is 1.60 bits per heavy atom. The highest BCUT2D eigenvalue weighted by molar-refractivity contribution is 6.66. The van der Waals surface area contributed by atoms with Crippen molar-refractivity contribution in [3.05, 3.63) is 76.3 Å². The molecule has 25 heavy (non-hydrogen) atoms. The molecule has 0 radical (unpaired) electrons. The molecule has 0 heterocycles. The van der Waals surface area contributed by atoms with Crippen LogP contribution in [0.25, 0.3) is 5.53 Å². The second kappa shape index (κ2) is 7.95. The van der Waals surface area contributed by atoms with E-state index < -0.39 is 17.5 Å². The third kappa shape index (κ3) is 3.94. The van der Waals surface area contributed by atoms with Crippen LogP contribution in [0.15, 0.2) is 48.5 Å². The third-order valence-corrected chi connectivity index (χ3v) is 3.51. The van der Waals surface area contributed by atoms with Crippen LogP contribution in [0.4, 0.5) is 0 Å². The summed E-state index contributed by atoms with van der Waals surface area (Å²) in [5.74, 6) is -2.30. The second-order valence-corrected chi connectivity index (χ2v) is 5.24. The van der Waals surface area contributed by atoms with E-state index in [0.29, 0.717) is 5.56 Å². The molecule has 0 aliphatic rings. The number of benzene rings is 2. The van der Waals surface area contributed by atoms with Crippen molar-refractivity contribution >= 4 is 23.2 Å². The SMILES string of the molecule is CCOC(=O)C(=[N+]=[N-])C(=O)c1ccccc1C(=O)c1ccc(C)cc1. The predicted molar refractivity (Wildman–Crippen MR) is 90.6 cm³/mol. The van der Waals surface area contributed by atoms with Crippen LogP contribution in [0.3, 0.4) is 0 Å². The summed E-state index contributed by atoms with van der Waals surface area (Å²) >= 11 is 0. The van der Waals surface area contributed by atoms with Gasteiger partial charge in [0.15, 0.2) is 5.78 Å². The molecule has 126 valence electrons. The number of ketones is 2. The lowest BCUT2D eigenvalue weighted by Crippen LogP contribution is -2.28. The van der Waals surface area contributed by atoms with Crippen LogP contribution in [0.1, 0.15) is 38.8 Å². The molecule has 0 bridgehead atoms. The van der Waals surface area contributed by atoms with Crippen LogP contribution in [-0.2, 0) is 9.53 Å². The molecular formula is C19H16N2O4. The zero-order valence-electron chi connectivity index (χ0n) is 13.9. The minimum Gasteiger partial charge on any atom is -0.457 e. The summed E-state index contributed by atoms with van der Waals surface area (Å²) in [6.45, 7) is 3.48. The summed E-state index contributed by atoms with van der Waals surface area (Å²) in [4.78, 5) is 39.8. The highest BCUT2D eigenvalue weighted by Crippen LogP contribution is 2.16. The second-order valence-electron chi connectivity index (χ2n) is 5.24. The lowest BCUT2D eigenvalue weighted by molar-refractivity contribution is -0.139. The van der Waals surface area contributed by atoms with Gasteiger partial charge in [0.05, 0.1) is 6.61 Å². The first-order valence-electron chi connectivity index (χ1n) is 7.63. The van der Waals surface area contributed by atoms with E-state index in [2.05, 4.69) is 4.79 Å². The number of carbonyl (C=O) groups excluding carboxylic acids is 3. The Morgan fingerprint density at radius 3 is 2.16 bits per heavy atom. The number of ether oxygens (including phenoxy) is 1. The summed E-state index contributed by atoms with van der Waals surface area (Å²) in [7, 11) is 0. The van der Waals surface area contributed by atoms with E-state index in [9.17, 15) is 14.4 Å². The molecule has 0 atom stereocenters. The van der Waals surface area contributed by atoms with Crippen LogP contribution in [-0.4, -0.2) is 34.6 Å². The summed E-state index contributed by atoms with van der Waals surface area (Å²) in [5, 5.41) is 0. The number of nitrogens with zero attached hydrogens (tertiary/aromatic N) is 2. The molecule has 2 rings (SSSR count). The van der Waals surface area contributed by atoms with E-state index in [4.69, 9.17) is 10.3 Å². The first-order chi connectivity index (χ1) is 12.0. The molecule has 2 aromatic rings. The maximum atomic E-state index is 12.7. The number of Topliss-reactive ketones (excluding diaryl/α,β-unsaturated/α-hetero) is 1. The smallest absolute Gasteiger partial charge is 0.446 e. The van der Waals surface area contributed by atoms with Gasteiger partial charge < -0.3 is 10.3 Å². The molecule has 0 saturated heterocycles. The average molecular weight is 336 g/mol. The quantitative estimate of drug-likeness (QED) is 0.202. The fraction of sp³-hybridized carbons (Fsp3) is 0.158. The molecule has 0 aliphatic heterocycles. The molecule has 2 aromatic carbocycles. The molecule has 0 fully saturated rings. The largest absolute Gasteiger partial charge is 0.457 e. The fourth-order valence-corrected chi connectivity index (χ4v) is 2.25. The molecule has 0 unspecified atom stereocenters. The van der Waals surface area contributed by atoms with Gasteiger partial charge >= 0.3 is 11.7 Å². The molecule has 0 amide bonds. The van der Waals surface area contributed by atoms with Crippen molar-refractivity contribution in [2.24, 2.45) is 0 Å². The number of esters is 1. The van der Waals surface area contributed by atoms with Crippen LogP contribution in [0.2, 0.25) is 0 Å². The number of rotatable bonds is 6. The van der Waals surface area contributed by atoms with Gasteiger partial charge in [0.1, 0.15) is 0 Å². The number of aryl methyl sites for hydroxylation is 1. The fourth-order valence-electron chi connectivity index (χ4n) is 2.25. The van der Waals surface area contributed by atoms with Crippen molar-refractivity contribution in [2.45, 2.75) is 13.8 Å². The van der Waals surface area contributed by atoms with Crippen molar-refractivity contribution in [2.75, 3.05) is 6.61 Å². The van der Waals surface area contributed by atoms with Crippen LogP contribution >= 0.6 is 0 Å². The lowest BCUT2D eigenvalue weighted by atomic mass is 9.94. The molecular weight excluding hydrogens is 320 g/mol. The predicted octanol–water partition coefficient (Wildman–Crippen LogP) is 2.64. The van der Waals surface area contributed by atoms with Crippen molar-refractivity contribution in [1.29, 1.82) is 0 Å². The Kier molecular flexibility index (Phi) is 5.71. The van der Waals surface area contributed by atoms with Crippen molar-refractivity contribution in [1.82, 2.24) is 0 Å². The van der Waals surface area contributed by atoms with Gasteiger partial charge in [0.2, 0.25) is 0 Å². The van der Waals surface area contributed by atoms with E-state index in [1.807, 2.05) is 6.92 Å². The van der Waals surface area contributed by atoms with Gasteiger partial charge in [0, 0.05) is 16.7 Å². The minimum absolute atomic E-state index is 0.0229. The van der Waals surface area contributed by atoms with Crippen molar-refractivity contribution in [3.63, 3.8) is 0 Å². The number of hydrogen-bond acceptors (Lipinski definition) is 4. The van der Waals surface area contributed by atoms with E-state index in [0.717, 1.165) is 5.56 Å². The highest BCUT2D eigenvalue weighted by atomic mass is 16.5. The molecule has 0 saturated carbocycles. The Hall–Kier alpha value is -3.37. The highest BCUT2D eigenvalue weighted by Gasteiger charge is 2.34. The topological polar surface area (TPSA) is 96.8 Å². The average Bonchev–Trinajstić information content (AvgIpc) is 2.62. The number of hydrogen-bond donors (Lipinski definition) is 0. The van der Waals surface area contributed by atoms with E-state index >= 15 is 0 Å². The summed E-state index contributed by atoms with van der Waals surface area (Å²) < 4.78 is 4.70. The normalized spacial score (nSPS) is 9.84. The van der Waals surface area contributed by atoms with Crippen molar-refractivity contribution < 1.29 is 23.9 Å². The first kappa shape index (κ1) is 18.0. The Bertz CT molecular complexity index is 879. The minimum atomic E-state index is -1.05. The van der Waals surface area contributed by atoms with Crippen LogP contribution < -0.4 is 0 Å². The zero-order chi connectivity index (χ0) is 18.4. The zero-order valence-corrected chi connectivity index (χ0v) is 13.9. The molecule has 0 aromatic heterocycles. The third-order valence-electron chi connectivity index (χ3n) is 3.51. The molecule has 6 nitrogen and oxygen atoms in total. The maximum Gasteiger partial charge on any atom is 0.446 e. The molecule has 0 aliphatic carbocycles. The Morgan fingerprint density at radius 1 is 1.00 bits per heavy atom. The van der Waals surface area contributed by atoms with Gasteiger partial charge in [-0.15, -0.1) is 0 Å². The summed E-state index contributed by atoms with van der Waals surface area (Å²) in [6.07, 6.45) is 0. The van der Waals surface area contributed by atoms with Crippen LogP contribution in [0, 0.1) is 6.92 Å². The summed E-state index contributed by atoms with van der Waals surface area (Å²) in [5.41, 5.74) is 9.73. The van der Waals surface area contributed by atoms with Crippen LogP contribution in [0.5, 0.6) is 0 Å². The van der Waals surface area contributed by atoms with Gasteiger partial charge in [-0.3, -0.25) is 9.59 Å².